The molecule has 2 aliphatic rings. The van der Waals surface area contributed by atoms with Gasteiger partial charge in [0.2, 0.25) is 0 Å². The molecular formula is C25H31N7O4. The number of benzene rings is 1. The van der Waals surface area contributed by atoms with Gasteiger partial charge in [0.15, 0.2) is 11.6 Å². The van der Waals surface area contributed by atoms with Crippen LogP contribution in [0.3, 0.4) is 0 Å². The van der Waals surface area contributed by atoms with Gasteiger partial charge in [-0.3, -0.25) is 9.48 Å². The number of aryl methyl sites for hydroxylation is 1. The van der Waals surface area contributed by atoms with Crippen LogP contribution in [0.2, 0.25) is 0 Å². The zero-order chi connectivity index (χ0) is 25.1. The average Bonchev–Trinajstić information content (AvgIpc) is 3.34. The minimum absolute atomic E-state index is 0.0495. The van der Waals surface area contributed by atoms with Gasteiger partial charge in [0.25, 0.3) is 5.91 Å². The second-order valence-corrected chi connectivity index (χ2v) is 8.73. The molecule has 2 aromatic heterocycles. The van der Waals surface area contributed by atoms with Crippen molar-refractivity contribution >= 4 is 17.5 Å². The Bertz CT molecular complexity index is 1200. The second-order valence-electron chi connectivity index (χ2n) is 8.73. The van der Waals surface area contributed by atoms with Crippen LogP contribution >= 0.6 is 0 Å². The number of amides is 1. The largest absolute Gasteiger partial charge is 0.497 e. The summed E-state index contributed by atoms with van der Waals surface area (Å²) in [5, 5.41) is 13.4. The fourth-order valence-corrected chi connectivity index (χ4v) is 4.56. The molecule has 0 N–H and O–H groups in total. The summed E-state index contributed by atoms with van der Waals surface area (Å²) in [7, 11) is 5.01. The quantitative estimate of drug-likeness (QED) is 0.508. The molecule has 0 bridgehead atoms. The molecule has 0 aliphatic carbocycles. The van der Waals surface area contributed by atoms with Crippen LogP contribution in [0.1, 0.15) is 10.5 Å². The van der Waals surface area contributed by atoms with E-state index in [2.05, 4.69) is 25.1 Å². The van der Waals surface area contributed by atoms with Gasteiger partial charge in [-0.15, -0.1) is 10.2 Å². The summed E-state index contributed by atoms with van der Waals surface area (Å²) in [5.74, 6) is 3.01. The Morgan fingerprint density at radius 2 is 1.53 bits per heavy atom. The lowest BCUT2D eigenvalue weighted by Crippen LogP contribution is -2.49. The summed E-state index contributed by atoms with van der Waals surface area (Å²) in [6.45, 7) is 5.64. The molecule has 190 valence electrons. The Balaban J connectivity index is 1.24. The van der Waals surface area contributed by atoms with Crippen molar-refractivity contribution in [2.24, 2.45) is 7.05 Å². The highest BCUT2D eigenvalue weighted by atomic mass is 16.5. The minimum atomic E-state index is -0.0495. The Kier molecular flexibility index (Phi) is 6.90. The van der Waals surface area contributed by atoms with E-state index >= 15 is 0 Å². The van der Waals surface area contributed by atoms with Gasteiger partial charge in [-0.1, -0.05) is 0 Å². The van der Waals surface area contributed by atoms with Crippen LogP contribution in [0.4, 0.5) is 11.6 Å². The molecule has 0 unspecified atom stereocenters. The summed E-state index contributed by atoms with van der Waals surface area (Å²) in [6, 6.07) is 11.3. The lowest BCUT2D eigenvalue weighted by atomic mass is 10.1. The Labute approximate surface area is 210 Å². The molecule has 4 heterocycles. The molecule has 36 heavy (non-hydrogen) atoms. The molecule has 1 aromatic carbocycles. The molecule has 2 aliphatic heterocycles. The summed E-state index contributed by atoms with van der Waals surface area (Å²) in [5.41, 5.74) is 1.96. The summed E-state index contributed by atoms with van der Waals surface area (Å²) in [4.78, 5) is 19.6. The molecule has 2 fully saturated rings. The molecule has 5 rings (SSSR count). The summed E-state index contributed by atoms with van der Waals surface area (Å²) >= 11 is 0. The maximum Gasteiger partial charge on any atom is 0.272 e. The van der Waals surface area contributed by atoms with Crippen molar-refractivity contribution in [2.75, 3.05) is 76.5 Å². The number of methoxy groups -OCH3 is 2. The zero-order valence-electron chi connectivity index (χ0n) is 20.9. The summed E-state index contributed by atoms with van der Waals surface area (Å²) in [6.07, 6.45) is 0. The normalized spacial score (nSPS) is 16.2. The number of hydrogen-bond donors (Lipinski definition) is 0. The fourth-order valence-electron chi connectivity index (χ4n) is 4.56. The maximum atomic E-state index is 13.4. The van der Waals surface area contributed by atoms with E-state index in [-0.39, 0.29) is 5.91 Å². The van der Waals surface area contributed by atoms with Crippen molar-refractivity contribution in [3.8, 4) is 22.8 Å². The predicted octanol–water partition coefficient (Wildman–Crippen LogP) is 1.69. The number of carbonyl (C=O) groups excluding carboxylic acids is 1. The van der Waals surface area contributed by atoms with E-state index in [1.165, 1.54) is 0 Å². The third kappa shape index (κ3) is 4.78. The summed E-state index contributed by atoms with van der Waals surface area (Å²) < 4.78 is 17.9. The standard InChI is InChI=1S/C25H31N7O4/c1-29-21(17-20(28-29)19-16-18(34-2)4-5-22(19)35-3)25(33)32-10-8-30(9-11-32)23-6-7-24(27-26-23)31-12-14-36-15-13-31/h4-7,16-17H,8-15H2,1-3H3. The molecular weight excluding hydrogens is 462 g/mol. The Hall–Kier alpha value is -3.86. The lowest BCUT2D eigenvalue weighted by molar-refractivity contribution is 0.0735. The average molecular weight is 494 g/mol. The van der Waals surface area contributed by atoms with Gasteiger partial charge in [0.1, 0.15) is 17.2 Å². The number of anilines is 2. The number of piperazine rings is 1. The van der Waals surface area contributed by atoms with E-state index in [4.69, 9.17) is 14.2 Å². The topological polar surface area (TPSA) is 98.1 Å². The SMILES string of the molecule is COc1ccc(OC)c(-c2cc(C(=O)N3CCN(c4ccc(N5CCOCC5)nn4)CC3)n(C)n2)c1. The zero-order valence-corrected chi connectivity index (χ0v) is 20.9. The van der Waals surface area contributed by atoms with Crippen molar-refractivity contribution in [1.29, 1.82) is 0 Å². The lowest BCUT2D eigenvalue weighted by Gasteiger charge is -2.35. The van der Waals surface area contributed by atoms with Gasteiger partial charge >= 0.3 is 0 Å². The van der Waals surface area contributed by atoms with Gasteiger partial charge in [-0.25, -0.2) is 0 Å². The monoisotopic (exact) mass is 493 g/mol. The number of hydrogen-bond acceptors (Lipinski definition) is 9. The number of rotatable bonds is 6. The van der Waals surface area contributed by atoms with Crippen LogP contribution in [0.25, 0.3) is 11.3 Å². The number of ether oxygens (including phenoxy) is 3. The van der Waals surface area contributed by atoms with Crippen LogP contribution in [-0.2, 0) is 11.8 Å². The van der Waals surface area contributed by atoms with Gasteiger partial charge in [-0.05, 0) is 36.4 Å². The number of nitrogens with zero attached hydrogens (tertiary/aromatic N) is 7. The van der Waals surface area contributed by atoms with Crippen LogP contribution in [-0.4, -0.2) is 97.5 Å². The highest BCUT2D eigenvalue weighted by Gasteiger charge is 2.26. The molecule has 0 saturated carbocycles. The van der Waals surface area contributed by atoms with Crippen LogP contribution in [0.15, 0.2) is 36.4 Å². The van der Waals surface area contributed by atoms with Crippen molar-refractivity contribution < 1.29 is 19.0 Å². The third-order valence-corrected chi connectivity index (χ3v) is 6.64. The predicted molar refractivity (Wildman–Crippen MR) is 135 cm³/mol. The fraction of sp³-hybridized carbons (Fsp3) is 0.440. The number of aromatic nitrogens is 4. The first kappa shape index (κ1) is 23.9. The van der Waals surface area contributed by atoms with Crippen molar-refractivity contribution in [1.82, 2.24) is 24.9 Å². The van der Waals surface area contributed by atoms with Crippen molar-refractivity contribution in [3.63, 3.8) is 0 Å². The van der Waals surface area contributed by atoms with Crippen LogP contribution in [0.5, 0.6) is 11.5 Å². The molecule has 0 radical (unpaired) electrons. The van der Waals surface area contributed by atoms with Gasteiger partial charge < -0.3 is 28.9 Å². The van der Waals surface area contributed by atoms with E-state index in [0.717, 1.165) is 30.3 Å². The van der Waals surface area contributed by atoms with Crippen LogP contribution in [0, 0.1) is 0 Å². The molecule has 1 amide bonds. The van der Waals surface area contributed by atoms with E-state index in [9.17, 15) is 4.79 Å². The van der Waals surface area contributed by atoms with Gasteiger partial charge in [0, 0.05) is 51.9 Å². The molecule has 11 heteroatoms. The molecule has 2 saturated heterocycles. The van der Waals surface area contributed by atoms with Crippen molar-refractivity contribution in [3.05, 3.63) is 42.1 Å². The molecule has 0 atom stereocenters. The molecule has 3 aromatic rings. The smallest absolute Gasteiger partial charge is 0.272 e. The van der Waals surface area contributed by atoms with E-state index in [1.54, 1.807) is 25.9 Å². The minimum Gasteiger partial charge on any atom is -0.497 e. The van der Waals surface area contributed by atoms with Crippen molar-refractivity contribution in [2.45, 2.75) is 0 Å². The highest BCUT2D eigenvalue weighted by Crippen LogP contribution is 2.33. The Morgan fingerprint density at radius 3 is 2.14 bits per heavy atom. The number of carbonyl (C=O) groups is 1. The third-order valence-electron chi connectivity index (χ3n) is 6.64. The first-order chi connectivity index (χ1) is 17.6. The molecule has 11 nitrogen and oxygen atoms in total. The molecule has 0 spiro atoms. The van der Waals surface area contributed by atoms with Gasteiger partial charge in [0.05, 0.1) is 33.1 Å². The highest BCUT2D eigenvalue weighted by molar-refractivity contribution is 5.94. The number of morpholine rings is 1. The maximum absolute atomic E-state index is 13.4. The van der Waals surface area contributed by atoms with E-state index in [0.29, 0.717) is 62.3 Å². The van der Waals surface area contributed by atoms with Gasteiger partial charge in [-0.2, -0.15) is 5.10 Å². The van der Waals surface area contributed by atoms with E-state index in [1.807, 2.05) is 41.3 Å². The second kappa shape index (κ2) is 10.4. The van der Waals surface area contributed by atoms with E-state index < -0.39 is 0 Å². The first-order valence-corrected chi connectivity index (χ1v) is 12.0. The van der Waals surface area contributed by atoms with Crippen LogP contribution < -0.4 is 19.3 Å². The first-order valence-electron chi connectivity index (χ1n) is 12.0. The Morgan fingerprint density at radius 1 is 0.861 bits per heavy atom.